The number of nitrogens with zero attached hydrogens (tertiary/aromatic N) is 3. The van der Waals surface area contributed by atoms with Crippen LogP contribution in [0.5, 0.6) is 0 Å². The van der Waals surface area contributed by atoms with E-state index < -0.39 is 6.04 Å². The number of amides is 4. The summed E-state index contributed by atoms with van der Waals surface area (Å²) < 4.78 is 5.13. The van der Waals surface area contributed by atoms with Crippen LogP contribution in [-0.4, -0.2) is 91.1 Å². The lowest BCUT2D eigenvalue weighted by Crippen LogP contribution is -2.61. The summed E-state index contributed by atoms with van der Waals surface area (Å²) in [5.41, 5.74) is 0. The van der Waals surface area contributed by atoms with Crippen LogP contribution >= 0.6 is 0 Å². The second-order valence-electron chi connectivity index (χ2n) is 8.68. The molecule has 0 aromatic carbocycles. The molecule has 2 rings (SSSR count). The Bertz CT molecular complexity index is 566. The van der Waals surface area contributed by atoms with E-state index in [0.29, 0.717) is 45.1 Å². The molecule has 160 valence electrons. The van der Waals surface area contributed by atoms with Crippen molar-refractivity contribution in [2.45, 2.75) is 52.6 Å². The van der Waals surface area contributed by atoms with Gasteiger partial charge in [-0.05, 0) is 24.7 Å². The molecule has 2 aliphatic heterocycles. The molecule has 0 aromatic rings. The van der Waals surface area contributed by atoms with Crippen molar-refractivity contribution in [1.29, 1.82) is 0 Å². The minimum absolute atomic E-state index is 0.0152. The zero-order valence-corrected chi connectivity index (χ0v) is 17.9. The normalized spacial score (nSPS) is 22.5. The number of carbonyl (C=O) groups excluding carboxylic acids is 3. The first kappa shape index (κ1) is 22.5. The Labute approximate surface area is 168 Å². The summed E-state index contributed by atoms with van der Waals surface area (Å²) >= 11 is 0. The van der Waals surface area contributed by atoms with Crippen LogP contribution in [0, 0.1) is 11.8 Å². The molecule has 2 saturated heterocycles. The highest BCUT2D eigenvalue weighted by Crippen LogP contribution is 2.28. The molecule has 0 bridgehead atoms. The van der Waals surface area contributed by atoms with Gasteiger partial charge in [0.1, 0.15) is 12.6 Å². The van der Waals surface area contributed by atoms with Crippen LogP contribution in [-0.2, 0) is 14.3 Å². The largest absolute Gasteiger partial charge is 0.383 e. The van der Waals surface area contributed by atoms with E-state index in [1.54, 1.807) is 21.8 Å². The lowest BCUT2D eigenvalue weighted by molar-refractivity contribution is -0.143. The maximum Gasteiger partial charge on any atom is 0.321 e. The number of nitrogens with one attached hydrogen (secondary N) is 1. The highest BCUT2D eigenvalue weighted by atomic mass is 16.5. The second-order valence-corrected chi connectivity index (χ2v) is 8.68. The van der Waals surface area contributed by atoms with Gasteiger partial charge in [0, 0.05) is 33.3 Å². The van der Waals surface area contributed by atoms with Crippen LogP contribution in [0.1, 0.15) is 40.5 Å². The van der Waals surface area contributed by atoms with Gasteiger partial charge in [-0.3, -0.25) is 9.59 Å². The van der Waals surface area contributed by atoms with Crippen molar-refractivity contribution < 1.29 is 19.1 Å². The fourth-order valence-electron chi connectivity index (χ4n) is 3.87. The van der Waals surface area contributed by atoms with Crippen molar-refractivity contribution >= 4 is 17.8 Å². The fraction of sp³-hybridized carbons (Fsp3) is 0.850. The highest BCUT2D eigenvalue weighted by Gasteiger charge is 2.49. The third kappa shape index (κ3) is 5.59. The molecule has 0 saturated carbocycles. The number of fused-ring (bicyclic) bond motifs is 1. The van der Waals surface area contributed by atoms with E-state index >= 15 is 0 Å². The SMILES string of the molecule is COCCN1C[C@@H]2CN(CC(=O)NCCC(C)C)C(=O)N2[C@@H](CC(C)C)C1=O. The van der Waals surface area contributed by atoms with Crippen LogP contribution < -0.4 is 5.32 Å². The molecule has 0 radical (unpaired) electrons. The van der Waals surface area contributed by atoms with Gasteiger partial charge in [0.25, 0.3) is 0 Å². The molecule has 2 atom stereocenters. The molecule has 2 aliphatic rings. The molecule has 0 aliphatic carbocycles. The topological polar surface area (TPSA) is 82.2 Å². The molecular weight excluding hydrogens is 360 g/mol. The molecule has 0 spiro atoms. The Kier molecular flexibility index (Phi) is 8.10. The molecule has 8 heteroatoms. The van der Waals surface area contributed by atoms with Gasteiger partial charge in [-0.15, -0.1) is 0 Å². The zero-order valence-electron chi connectivity index (χ0n) is 17.9. The predicted octanol–water partition coefficient (Wildman–Crippen LogP) is 1.16. The number of piperazine rings is 1. The van der Waals surface area contributed by atoms with E-state index in [4.69, 9.17) is 4.74 Å². The van der Waals surface area contributed by atoms with Crippen molar-refractivity contribution in [2.24, 2.45) is 11.8 Å². The van der Waals surface area contributed by atoms with E-state index in [-0.39, 0.29) is 36.3 Å². The Hall–Kier alpha value is -1.83. The summed E-state index contributed by atoms with van der Waals surface area (Å²) in [5.74, 6) is 0.650. The molecule has 0 aromatic heterocycles. The van der Waals surface area contributed by atoms with Crippen LogP contribution in [0.3, 0.4) is 0 Å². The first-order valence-corrected chi connectivity index (χ1v) is 10.4. The molecular formula is C20H36N4O4. The van der Waals surface area contributed by atoms with E-state index in [9.17, 15) is 14.4 Å². The molecule has 2 fully saturated rings. The molecule has 0 unspecified atom stereocenters. The molecule has 1 N–H and O–H groups in total. The maximum absolute atomic E-state index is 13.0. The Morgan fingerprint density at radius 3 is 2.43 bits per heavy atom. The van der Waals surface area contributed by atoms with Gasteiger partial charge >= 0.3 is 6.03 Å². The molecule has 4 amide bonds. The van der Waals surface area contributed by atoms with Gasteiger partial charge in [-0.2, -0.15) is 0 Å². The van der Waals surface area contributed by atoms with Crippen LogP contribution in [0.4, 0.5) is 4.79 Å². The van der Waals surface area contributed by atoms with Crippen molar-refractivity contribution in [3.63, 3.8) is 0 Å². The fourth-order valence-corrected chi connectivity index (χ4v) is 3.87. The van der Waals surface area contributed by atoms with Crippen LogP contribution in [0.15, 0.2) is 0 Å². The van der Waals surface area contributed by atoms with E-state index in [2.05, 4.69) is 33.0 Å². The maximum atomic E-state index is 13.0. The van der Waals surface area contributed by atoms with Gasteiger partial charge in [-0.25, -0.2) is 4.79 Å². The van der Waals surface area contributed by atoms with Crippen molar-refractivity contribution in [3.05, 3.63) is 0 Å². The highest BCUT2D eigenvalue weighted by molar-refractivity contribution is 5.91. The number of carbonyl (C=O) groups is 3. The first-order chi connectivity index (χ1) is 13.2. The summed E-state index contributed by atoms with van der Waals surface area (Å²) in [6, 6.07) is -0.735. The van der Waals surface area contributed by atoms with Gasteiger partial charge in [0.05, 0.1) is 12.6 Å². The Balaban J connectivity index is 2.05. The summed E-state index contributed by atoms with van der Waals surface area (Å²) in [6.07, 6.45) is 1.53. The van der Waals surface area contributed by atoms with Crippen LogP contribution in [0.2, 0.25) is 0 Å². The summed E-state index contributed by atoms with van der Waals surface area (Å²) in [7, 11) is 1.62. The number of urea groups is 1. The lowest BCUT2D eigenvalue weighted by Gasteiger charge is -2.42. The van der Waals surface area contributed by atoms with Crippen molar-refractivity contribution in [3.8, 4) is 0 Å². The number of hydrogen-bond acceptors (Lipinski definition) is 4. The van der Waals surface area contributed by atoms with Gasteiger partial charge in [0.2, 0.25) is 11.8 Å². The first-order valence-electron chi connectivity index (χ1n) is 10.4. The average molecular weight is 397 g/mol. The quantitative estimate of drug-likeness (QED) is 0.601. The standard InChI is InChI=1S/C20H36N4O4/c1-14(2)6-7-21-18(25)13-23-12-16-11-22(8-9-28-5)19(26)17(10-15(3)4)24(16)20(23)27/h14-17H,6-13H2,1-5H3,(H,21,25)/t16-,17+/m1/s1. The van der Waals surface area contributed by atoms with E-state index in [1.165, 1.54) is 0 Å². The van der Waals surface area contributed by atoms with Gasteiger partial charge < -0.3 is 24.8 Å². The molecule has 28 heavy (non-hydrogen) atoms. The van der Waals surface area contributed by atoms with Crippen LogP contribution in [0.25, 0.3) is 0 Å². The third-order valence-corrected chi connectivity index (χ3v) is 5.32. The predicted molar refractivity (Wildman–Crippen MR) is 107 cm³/mol. The van der Waals surface area contributed by atoms with Crippen molar-refractivity contribution in [1.82, 2.24) is 20.0 Å². The molecule has 2 heterocycles. The lowest BCUT2D eigenvalue weighted by atomic mass is 9.97. The monoisotopic (exact) mass is 396 g/mol. The number of ether oxygens (including phenoxy) is 1. The summed E-state index contributed by atoms with van der Waals surface area (Å²) in [4.78, 5) is 43.3. The number of hydrogen-bond donors (Lipinski definition) is 1. The second kappa shape index (κ2) is 10.1. The smallest absolute Gasteiger partial charge is 0.321 e. The van der Waals surface area contributed by atoms with Crippen molar-refractivity contribution in [2.75, 3.05) is 46.4 Å². The van der Waals surface area contributed by atoms with E-state index in [0.717, 1.165) is 6.42 Å². The number of rotatable bonds is 10. The minimum atomic E-state index is -0.461. The Morgan fingerprint density at radius 1 is 1.14 bits per heavy atom. The summed E-state index contributed by atoms with van der Waals surface area (Å²) in [5, 5.41) is 2.89. The van der Waals surface area contributed by atoms with E-state index in [1.807, 2.05) is 0 Å². The zero-order chi connectivity index (χ0) is 20.8. The van der Waals surface area contributed by atoms with Gasteiger partial charge in [0.15, 0.2) is 0 Å². The summed E-state index contributed by atoms with van der Waals surface area (Å²) in [6.45, 7) is 10.9. The molecule has 8 nitrogen and oxygen atoms in total. The minimum Gasteiger partial charge on any atom is -0.383 e. The average Bonchev–Trinajstić information content (AvgIpc) is 2.90. The third-order valence-electron chi connectivity index (χ3n) is 5.32. The Morgan fingerprint density at radius 2 is 1.82 bits per heavy atom. The van der Waals surface area contributed by atoms with Gasteiger partial charge in [-0.1, -0.05) is 27.7 Å². The number of methoxy groups -OCH3 is 1.